The van der Waals surface area contributed by atoms with Crippen LogP contribution in [-0.4, -0.2) is 41.8 Å². The van der Waals surface area contributed by atoms with E-state index in [0.29, 0.717) is 17.7 Å². The van der Waals surface area contributed by atoms with E-state index in [1.165, 1.54) is 69.8 Å². The SMILES string of the molecule is CC.CC.CC(C)=C(C)N(C)C(=O)C(C)(CCC1CCCCC1)CC1CCN(C(=O)CC2CC2)C1.CCC[C@@H](C)C(C)C. The minimum absolute atomic E-state index is 0.268. The third-order valence-electron chi connectivity index (χ3n) is 10.3. The molecule has 2 unspecified atom stereocenters. The molecule has 4 nitrogen and oxygen atoms in total. The summed E-state index contributed by atoms with van der Waals surface area (Å²) in [7, 11) is 1.95. The van der Waals surface area contributed by atoms with E-state index in [-0.39, 0.29) is 11.3 Å². The minimum atomic E-state index is -0.344. The Morgan fingerprint density at radius 3 is 1.91 bits per heavy atom. The number of hydrogen-bond acceptors (Lipinski definition) is 2. The minimum Gasteiger partial charge on any atom is -0.342 e. The molecule has 0 aromatic carbocycles. The van der Waals surface area contributed by atoms with Gasteiger partial charge in [-0.2, -0.15) is 0 Å². The summed E-state index contributed by atoms with van der Waals surface area (Å²) in [5.41, 5.74) is 1.92. The quantitative estimate of drug-likeness (QED) is 0.222. The molecule has 0 N–H and O–H groups in total. The first-order chi connectivity index (χ1) is 20.4. The van der Waals surface area contributed by atoms with Crippen LogP contribution in [0.4, 0.5) is 0 Å². The topological polar surface area (TPSA) is 40.6 Å². The fourth-order valence-corrected chi connectivity index (χ4v) is 6.54. The molecule has 0 aromatic rings. The van der Waals surface area contributed by atoms with Crippen LogP contribution in [0.5, 0.6) is 0 Å². The van der Waals surface area contributed by atoms with E-state index in [9.17, 15) is 9.59 Å². The molecule has 1 heterocycles. The molecule has 2 amide bonds. The highest BCUT2D eigenvalue weighted by atomic mass is 16.2. The van der Waals surface area contributed by atoms with Crippen LogP contribution in [0.25, 0.3) is 0 Å². The Hall–Kier alpha value is -1.32. The largest absolute Gasteiger partial charge is 0.342 e. The van der Waals surface area contributed by atoms with Gasteiger partial charge in [0.25, 0.3) is 0 Å². The van der Waals surface area contributed by atoms with E-state index in [4.69, 9.17) is 0 Å². The lowest BCUT2D eigenvalue weighted by molar-refractivity contribution is -0.139. The Morgan fingerprint density at radius 2 is 1.44 bits per heavy atom. The van der Waals surface area contributed by atoms with Crippen LogP contribution in [0.2, 0.25) is 0 Å². The van der Waals surface area contributed by atoms with Crippen molar-refractivity contribution < 1.29 is 9.59 Å². The van der Waals surface area contributed by atoms with Crippen LogP contribution in [-0.2, 0) is 9.59 Å². The van der Waals surface area contributed by atoms with Crippen molar-refractivity contribution >= 4 is 11.8 Å². The van der Waals surface area contributed by atoms with Gasteiger partial charge in [-0.15, -0.1) is 0 Å². The summed E-state index contributed by atoms with van der Waals surface area (Å²) in [4.78, 5) is 30.3. The molecule has 0 bridgehead atoms. The second-order valence-electron chi connectivity index (χ2n) is 14.4. The van der Waals surface area contributed by atoms with E-state index in [2.05, 4.69) is 60.3 Å². The van der Waals surface area contributed by atoms with Crippen molar-refractivity contribution in [1.29, 1.82) is 0 Å². The van der Waals surface area contributed by atoms with E-state index < -0.39 is 0 Å². The summed E-state index contributed by atoms with van der Waals surface area (Å²) in [5.74, 6) is 4.28. The van der Waals surface area contributed by atoms with Gasteiger partial charge in [0, 0.05) is 37.7 Å². The average molecular weight is 605 g/mol. The van der Waals surface area contributed by atoms with E-state index in [0.717, 1.165) is 62.2 Å². The Bertz CT molecular complexity index is 789. The van der Waals surface area contributed by atoms with Crippen molar-refractivity contribution in [1.82, 2.24) is 9.80 Å². The van der Waals surface area contributed by atoms with Crippen LogP contribution in [0.15, 0.2) is 11.3 Å². The summed E-state index contributed by atoms with van der Waals surface area (Å²) in [5, 5.41) is 0. The van der Waals surface area contributed by atoms with Crippen molar-refractivity contribution in [3.05, 3.63) is 11.3 Å². The van der Waals surface area contributed by atoms with Crippen LogP contribution >= 0.6 is 0 Å². The second kappa shape index (κ2) is 22.2. The van der Waals surface area contributed by atoms with Gasteiger partial charge in [0.2, 0.25) is 11.8 Å². The molecule has 2 saturated carbocycles. The highest BCUT2D eigenvalue weighted by Crippen LogP contribution is 2.41. The molecule has 254 valence electrons. The fourth-order valence-electron chi connectivity index (χ4n) is 6.54. The van der Waals surface area contributed by atoms with Gasteiger partial charge in [0.1, 0.15) is 0 Å². The number of likely N-dealkylation sites (tertiary alicyclic amines) is 1. The van der Waals surface area contributed by atoms with Crippen molar-refractivity contribution in [2.45, 2.75) is 173 Å². The number of rotatable bonds is 12. The van der Waals surface area contributed by atoms with Gasteiger partial charge in [-0.25, -0.2) is 0 Å². The maximum Gasteiger partial charge on any atom is 0.232 e. The third kappa shape index (κ3) is 15.5. The molecule has 0 aromatic heterocycles. The Morgan fingerprint density at radius 1 is 0.860 bits per heavy atom. The molecule has 3 rings (SSSR count). The number of allylic oxidation sites excluding steroid dienone is 2. The van der Waals surface area contributed by atoms with Gasteiger partial charge in [-0.05, 0) is 88.9 Å². The highest BCUT2D eigenvalue weighted by molar-refractivity contribution is 5.83. The zero-order chi connectivity index (χ0) is 33.2. The number of carbonyl (C=O) groups excluding carboxylic acids is 2. The second-order valence-corrected chi connectivity index (χ2v) is 14.4. The molecular weight excluding hydrogens is 528 g/mol. The van der Waals surface area contributed by atoms with Crippen molar-refractivity contribution in [2.75, 3.05) is 20.1 Å². The van der Waals surface area contributed by atoms with E-state index in [1.54, 1.807) is 0 Å². The molecule has 3 aliphatic rings. The molecular formula is C39H76N2O2. The Labute approximate surface area is 270 Å². The molecule has 0 radical (unpaired) electrons. The maximum atomic E-state index is 13.8. The highest BCUT2D eigenvalue weighted by Gasteiger charge is 2.41. The molecule has 3 fully saturated rings. The van der Waals surface area contributed by atoms with Gasteiger partial charge in [-0.3, -0.25) is 9.59 Å². The van der Waals surface area contributed by atoms with Gasteiger partial charge in [-0.1, -0.05) is 113 Å². The average Bonchev–Trinajstić information content (AvgIpc) is 3.71. The molecule has 43 heavy (non-hydrogen) atoms. The van der Waals surface area contributed by atoms with Crippen LogP contribution in [0, 0.1) is 35.0 Å². The van der Waals surface area contributed by atoms with E-state index >= 15 is 0 Å². The number of hydrogen-bond donors (Lipinski definition) is 0. The molecule has 2 aliphatic carbocycles. The van der Waals surface area contributed by atoms with Crippen molar-refractivity contribution in [3.63, 3.8) is 0 Å². The summed E-state index contributed by atoms with van der Waals surface area (Å²) < 4.78 is 0. The number of nitrogens with zero attached hydrogens (tertiary/aromatic N) is 2. The molecule has 1 aliphatic heterocycles. The zero-order valence-corrected chi connectivity index (χ0v) is 31.4. The predicted octanol–water partition coefficient (Wildman–Crippen LogP) is 11.3. The lowest BCUT2D eigenvalue weighted by Gasteiger charge is -2.37. The summed E-state index contributed by atoms with van der Waals surface area (Å²) in [6.07, 6.45) is 16.8. The molecule has 0 spiro atoms. The molecule has 3 atom stereocenters. The van der Waals surface area contributed by atoms with Gasteiger partial charge < -0.3 is 9.80 Å². The Kier molecular flexibility index (Phi) is 21.5. The molecule has 1 saturated heterocycles. The normalized spacial score (nSPS) is 20.3. The Balaban J connectivity index is 0.00000126. The van der Waals surface area contributed by atoms with Gasteiger partial charge in [0.15, 0.2) is 0 Å². The van der Waals surface area contributed by atoms with E-state index in [1.807, 2.05) is 39.6 Å². The fraction of sp³-hybridized carbons (Fsp3) is 0.897. The smallest absolute Gasteiger partial charge is 0.232 e. The first-order valence-electron chi connectivity index (χ1n) is 18.6. The number of amides is 2. The van der Waals surface area contributed by atoms with Crippen LogP contribution < -0.4 is 0 Å². The number of carbonyl (C=O) groups is 2. The van der Waals surface area contributed by atoms with Gasteiger partial charge >= 0.3 is 0 Å². The zero-order valence-electron chi connectivity index (χ0n) is 31.4. The monoisotopic (exact) mass is 605 g/mol. The van der Waals surface area contributed by atoms with Crippen molar-refractivity contribution in [2.24, 2.45) is 35.0 Å². The first-order valence-corrected chi connectivity index (χ1v) is 18.6. The standard InChI is InChI=1S/C27H46N2O2.C8H18.2C2H6/c1-20(2)21(3)28(5)26(31)27(4,15-13-22-9-7-6-8-10-22)18-24-14-16-29(19-24)25(30)17-23-11-12-23;1-5-6-8(4)7(2)3;2*1-2/h22-24H,6-19H2,1-5H3;7-8H,5-6H2,1-4H3;2*1-2H3/t;8-;;/m.1../s1. The third-order valence-corrected chi connectivity index (χ3v) is 10.3. The van der Waals surface area contributed by atoms with Crippen molar-refractivity contribution in [3.8, 4) is 0 Å². The predicted molar refractivity (Wildman–Crippen MR) is 189 cm³/mol. The summed E-state index contributed by atoms with van der Waals surface area (Å²) >= 11 is 0. The maximum absolute atomic E-state index is 13.8. The summed E-state index contributed by atoms with van der Waals surface area (Å²) in [6, 6.07) is 0. The van der Waals surface area contributed by atoms with Crippen LogP contribution in [0.3, 0.4) is 0 Å². The lowest BCUT2D eigenvalue weighted by Crippen LogP contribution is -2.41. The van der Waals surface area contributed by atoms with Crippen LogP contribution in [0.1, 0.15) is 173 Å². The van der Waals surface area contributed by atoms with Gasteiger partial charge in [0.05, 0.1) is 0 Å². The summed E-state index contributed by atoms with van der Waals surface area (Å²) in [6.45, 7) is 27.3. The first kappa shape index (κ1) is 41.7. The molecule has 4 heteroatoms. The lowest BCUT2D eigenvalue weighted by atomic mass is 9.73.